The van der Waals surface area contributed by atoms with Crippen LogP contribution < -0.4 is 5.32 Å². The maximum absolute atomic E-state index is 3.54. The van der Waals surface area contributed by atoms with Crippen LogP contribution in [0.1, 0.15) is 40.0 Å². The highest BCUT2D eigenvalue weighted by atomic mass is 15.3. The first-order chi connectivity index (χ1) is 6.11. The van der Waals surface area contributed by atoms with Crippen molar-refractivity contribution in [3.05, 3.63) is 0 Å². The molecular weight excluding hydrogens is 160 g/mol. The minimum Gasteiger partial charge on any atom is -0.315 e. The van der Waals surface area contributed by atoms with E-state index in [0.29, 0.717) is 5.54 Å². The molecule has 0 aromatic heterocycles. The van der Waals surface area contributed by atoms with Crippen molar-refractivity contribution in [1.29, 1.82) is 0 Å². The van der Waals surface area contributed by atoms with Gasteiger partial charge < -0.3 is 5.32 Å². The van der Waals surface area contributed by atoms with E-state index < -0.39 is 0 Å². The molecule has 13 heavy (non-hydrogen) atoms. The van der Waals surface area contributed by atoms with Crippen molar-refractivity contribution in [2.45, 2.75) is 57.7 Å². The third-order valence-electron chi connectivity index (χ3n) is 3.41. The summed E-state index contributed by atoms with van der Waals surface area (Å²) in [6.45, 7) is 9.47. The van der Waals surface area contributed by atoms with E-state index in [2.05, 4.69) is 31.0 Å². The molecule has 0 aromatic rings. The van der Waals surface area contributed by atoms with E-state index in [1.165, 1.54) is 25.8 Å². The van der Waals surface area contributed by atoms with Crippen molar-refractivity contribution in [1.82, 2.24) is 10.2 Å². The SMILES string of the molecule is CC1CCNCC(C)(C)N1C1CC1. The molecule has 2 fully saturated rings. The standard InChI is InChI=1S/C11H22N2/c1-9-6-7-12-8-11(2,3)13(9)10-4-5-10/h9-10,12H,4-8H2,1-3H3. The maximum atomic E-state index is 3.54. The molecule has 1 saturated heterocycles. The van der Waals surface area contributed by atoms with Crippen LogP contribution in [0.2, 0.25) is 0 Å². The number of nitrogens with zero attached hydrogens (tertiary/aromatic N) is 1. The van der Waals surface area contributed by atoms with Gasteiger partial charge in [0.1, 0.15) is 0 Å². The van der Waals surface area contributed by atoms with E-state index in [-0.39, 0.29) is 0 Å². The molecule has 2 rings (SSSR count). The molecule has 0 spiro atoms. The average Bonchev–Trinajstić information content (AvgIpc) is 2.80. The van der Waals surface area contributed by atoms with Gasteiger partial charge in [0.15, 0.2) is 0 Å². The molecule has 2 heteroatoms. The summed E-state index contributed by atoms with van der Waals surface area (Å²) in [6.07, 6.45) is 4.15. The lowest BCUT2D eigenvalue weighted by molar-refractivity contribution is 0.0793. The van der Waals surface area contributed by atoms with Crippen molar-refractivity contribution in [3.8, 4) is 0 Å². The van der Waals surface area contributed by atoms with Crippen molar-refractivity contribution in [3.63, 3.8) is 0 Å². The second-order valence-corrected chi connectivity index (χ2v) is 5.27. The molecule has 2 nitrogen and oxygen atoms in total. The zero-order valence-corrected chi connectivity index (χ0v) is 9.14. The molecule has 1 heterocycles. The average molecular weight is 182 g/mol. The predicted molar refractivity (Wildman–Crippen MR) is 55.9 cm³/mol. The van der Waals surface area contributed by atoms with Crippen LogP contribution in [0.5, 0.6) is 0 Å². The summed E-state index contributed by atoms with van der Waals surface area (Å²) < 4.78 is 0. The number of hydrogen-bond acceptors (Lipinski definition) is 2. The Kier molecular flexibility index (Phi) is 2.37. The lowest BCUT2D eigenvalue weighted by Crippen LogP contribution is -2.52. The van der Waals surface area contributed by atoms with Crippen molar-refractivity contribution in [2.24, 2.45) is 0 Å². The highest BCUT2D eigenvalue weighted by molar-refractivity contribution is 4.98. The van der Waals surface area contributed by atoms with Crippen LogP contribution in [0, 0.1) is 0 Å². The molecule has 1 aliphatic heterocycles. The van der Waals surface area contributed by atoms with Gasteiger partial charge in [0.25, 0.3) is 0 Å². The van der Waals surface area contributed by atoms with Gasteiger partial charge in [-0.1, -0.05) is 0 Å². The first kappa shape index (κ1) is 9.47. The largest absolute Gasteiger partial charge is 0.315 e. The van der Waals surface area contributed by atoms with Crippen molar-refractivity contribution < 1.29 is 0 Å². The van der Waals surface area contributed by atoms with E-state index in [1.54, 1.807) is 0 Å². The fourth-order valence-electron chi connectivity index (χ4n) is 2.74. The minimum absolute atomic E-state index is 0.358. The smallest absolute Gasteiger partial charge is 0.0283 e. The van der Waals surface area contributed by atoms with Gasteiger partial charge >= 0.3 is 0 Å². The van der Waals surface area contributed by atoms with Crippen molar-refractivity contribution in [2.75, 3.05) is 13.1 Å². The van der Waals surface area contributed by atoms with Gasteiger partial charge in [-0.15, -0.1) is 0 Å². The number of rotatable bonds is 1. The Bertz CT molecular complexity index is 185. The second kappa shape index (κ2) is 3.25. The summed E-state index contributed by atoms with van der Waals surface area (Å²) in [4.78, 5) is 2.74. The van der Waals surface area contributed by atoms with Gasteiger partial charge in [0.05, 0.1) is 0 Å². The lowest BCUT2D eigenvalue weighted by Gasteiger charge is -2.41. The van der Waals surface area contributed by atoms with Crippen LogP contribution in [-0.2, 0) is 0 Å². The van der Waals surface area contributed by atoms with Crippen LogP contribution in [0.25, 0.3) is 0 Å². The molecule has 1 unspecified atom stereocenters. The summed E-state index contributed by atoms with van der Waals surface area (Å²) >= 11 is 0. The van der Waals surface area contributed by atoms with E-state index in [0.717, 1.165) is 18.6 Å². The lowest BCUT2D eigenvalue weighted by atomic mass is 10.0. The second-order valence-electron chi connectivity index (χ2n) is 5.27. The first-order valence-electron chi connectivity index (χ1n) is 5.60. The third kappa shape index (κ3) is 1.89. The Morgan fingerprint density at radius 3 is 2.54 bits per heavy atom. The minimum atomic E-state index is 0.358. The van der Waals surface area contributed by atoms with E-state index in [4.69, 9.17) is 0 Å². The molecule has 1 saturated carbocycles. The molecule has 0 radical (unpaired) electrons. The van der Waals surface area contributed by atoms with Gasteiger partial charge in [0.2, 0.25) is 0 Å². The van der Waals surface area contributed by atoms with Crippen molar-refractivity contribution >= 4 is 0 Å². The van der Waals surface area contributed by atoms with Gasteiger partial charge in [-0.3, -0.25) is 4.90 Å². The Hall–Kier alpha value is -0.0800. The van der Waals surface area contributed by atoms with Crippen LogP contribution in [-0.4, -0.2) is 35.6 Å². The normalized spacial score (nSPS) is 35.8. The summed E-state index contributed by atoms with van der Waals surface area (Å²) in [5.74, 6) is 0. The zero-order chi connectivity index (χ0) is 9.47. The molecule has 1 aliphatic carbocycles. The van der Waals surface area contributed by atoms with Gasteiger partial charge in [0, 0.05) is 24.2 Å². The molecular formula is C11H22N2. The molecule has 1 N–H and O–H groups in total. The Morgan fingerprint density at radius 2 is 1.92 bits per heavy atom. The van der Waals surface area contributed by atoms with Crippen LogP contribution in [0.3, 0.4) is 0 Å². The molecule has 0 aromatic carbocycles. The molecule has 0 bridgehead atoms. The van der Waals surface area contributed by atoms with Gasteiger partial charge in [-0.2, -0.15) is 0 Å². The molecule has 2 aliphatic rings. The summed E-state index contributed by atoms with van der Waals surface area (Å²) in [5, 5.41) is 3.54. The van der Waals surface area contributed by atoms with Crippen LogP contribution in [0.15, 0.2) is 0 Å². The van der Waals surface area contributed by atoms with Crippen LogP contribution in [0.4, 0.5) is 0 Å². The molecule has 76 valence electrons. The summed E-state index contributed by atoms with van der Waals surface area (Å²) in [6, 6.07) is 1.65. The topological polar surface area (TPSA) is 15.3 Å². The maximum Gasteiger partial charge on any atom is 0.0283 e. The highest BCUT2D eigenvalue weighted by Gasteiger charge is 2.41. The van der Waals surface area contributed by atoms with Gasteiger partial charge in [-0.25, -0.2) is 0 Å². The van der Waals surface area contributed by atoms with E-state index >= 15 is 0 Å². The third-order valence-corrected chi connectivity index (χ3v) is 3.41. The Morgan fingerprint density at radius 1 is 1.23 bits per heavy atom. The first-order valence-corrected chi connectivity index (χ1v) is 5.60. The zero-order valence-electron chi connectivity index (χ0n) is 9.14. The Balaban J connectivity index is 2.13. The number of hydrogen-bond donors (Lipinski definition) is 1. The fourth-order valence-corrected chi connectivity index (χ4v) is 2.74. The summed E-state index contributed by atoms with van der Waals surface area (Å²) in [7, 11) is 0. The predicted octanol–water partition coefficient (Wildman–Crippen LogP) is 1.61. The monoisotopic (exact) mass is 182 g/mol. The number of nitrogens with one attached hydrogen (secondary N) is 1. The Labute approximate surface area is 81.7 Å². The molecule has 0 amide bonds. The fraction of sp³-hybridized carbons (Fsp3) is 1.00. The van der Waals surface area contributed by atoms with Crippen LogP contribution >= 0.6 is 0 Å². The summed E-state index contributed by atoms with van der Waals surface area (Å²) in [5.41, 5.74) is 0.358. The van der Waals surface area contributed by atoms with Gasteiger partial charge in [-0.05, 0) is 46.6 Å². The quantitative estimate of drug-likeness (QED) is 0.663. The van der Waals surface area contributed by atoms with E-state index in [9.17, 15) is 0 Å². The van der Waals surface area contributed by atoms with E-state index in [1.807, 2.05) is 0 Å². The highest BCUT2D eigenvalue weighted by Crippen LogP contribution is 2.35. The molecule has 1 atom stereocenters.